The van der Waals surface area contributed by atoms with Crippen molar-refractivity contribution in [2.75, 3.05) is 21.3 Å². The fourth-order valence-electron chi connectivity index (χ4n) is 3.77. The number of thiophene rings is 1. The molecule has 1 atom stereocenters. The number of hydrogen-bond acceptors (Lipinski definition) is 8. The molecule has 32 heavy (non-hydrogen) atoms. The van der Waals surface area contributed by atoms with Gasteiger partial charge in [-0.25, -0.2) is 0 Å². The quantitative estimate of drug-likeness (QED) is 0.510. The summed E-state index contributed by atoms with van der Waals surface area (Å²) in [6.45, 7) is 0.0540. The summed E-state index contributed by atoms with van der Waals surface area (Å²) in [4.78, 5) is 28.2. The van der Waals surface area contributed by atoms with Gasteiger partial charge in [-0.3, -0.25) is 9.59 Å². The maximum Gasteiger partial charge on any atom is 0.290 e. The molecule has 2 aromatic heterocycles. The zero-order chi connectivity index (χ0) is 22.8. The zero-order valence-electron chi connectivity index (χ0n) is 17.7. The number of furan rings is 1. The van der Waals surface area contributed by atoms with Crippen LogP contribution in [0.2, 0.25) is 0 Å². The van der Waals surface area contributed by atoms with Crippen LogP contribution in [0.4, 0.5) is 0 Å². The van der Waals surface area contributed by atoms with Crippen LogP contribution in [0.1, 0.15) is 27.0 Å². The summed E-state index contributed by atoms with van der Waals surface area (Å²) in [6, 6.07) is 9.24. The number of ether oxygens (including phenoxy) is 3. The minimum Gasteiger partial charge on any atom is -0.503 e. The smallest absolute Gasteiger partial charge is 0.290 e. The van der Waals surface area contributed by atoms with E-state index in [2.05, 4.69) is 0 Å². The number of carbonyl (C=O) groups is 2. The molecule has 9 heteroatoms. The number of aliphatic hydroxyl groups is 1. The number of rotatable bonds is 8. The molecular weight excluding hydrogens is 434 g/mol. The summed E-state index contributed by atoms with van der Waals surface area (Å²) in [6.07, 6.45) is 1.50. The first-order valence-electron chi connectivity index (χ1n) is 9.64. The van der Waals surface area contributed by atoms with Crippen molar-refractivity contribution in [3.05, 3.63) is 75.6 Å². The van der Waals surface area contributed by atoms with Gasteiger partial charge in [0.25, 0.3) is 5.91 Å². The summed E-state index contributed by atoms with van der Waals surface area (Å²) in [5.41, 5.74) is 0.502. The molecule has 1 N–H and O–H groups in total. The molecule has 0 bridgehead atoms. The van der Waals surface area contributed by atoms with Gasteiger partial charge in [-0.2, -0.15) is 0 Å². The highest BCUT2D eigenvalue weighted by molar-refractivity contribution is 7.12. The van der Waals surface area contributed by atoms with Gasteiger partial charge in [0, 0.05) is 0 Å². The molecule has 4 rings (SSSR count). The monoisotopic (exact) mass is 455 g/mol. The van der Waals surface area contributed by atoms with E-state index in [0.29, 0.717) is 33.4 Å². The first-order valence-corrected chi connectivity index (χ1v) is 10.5. The van der Waals surface area contributed by atoms with Crippen molar-refractivity contribution in [1.82, 2.24) is 4.90 Å². The van der Waals surface area contributed by atoms with E-state index >= 15 is 0 Å². The Morgan fingerprint density at radius 3 is 2.38 bits per heavy atom. The molecule has 0 saturated carbocycles. The zero-order valence-corrected chi connectivity index (χ0v) is 18.5. The number of Topliss-reactive ketones (excluding diaryl/α,β-unsaturated/α-hetero) is 1. The van der Waals surface area contributed by atoms with Gasteiger partial charge in [0.2, 0.25) is 11.5 Å². The van der Waals surface area contributed by atoms with Gasteiger partial charge in [-0.15, -0.1) is 11.3 Å². The average Bonchev–Trinajstić information content (AvgIpc) is 3.57. The van der Waals surface area contributed by atoms with Crippen molar-refractivity contribution in [2.45, 2.75) is 12.6 Å². The molecule has 8 nitrogen and oxygen atoms in total. The Balaban J connectivity index is 1.88. The molecule has 1 aromatic carbocycles. The van der Waals surface area contributed by atoms with Crippen LogP contribution in [0.3, 0.4) is 0 Å². The number of hydrogen-bond donors (Lipinski definition) is 1. The van der Waals surface area contributed by atoms with Crippen LogP contribution in [0.25, 0.3) is 0 Å². The second kappa shape index (κ2) is 8.80. The molecule has 0 spiro atoms. The van der Waals surface area contributed by atoms with Crippen LogP contribution >= 0.6 is 11.3 Å². The van der Waals surface area contributed by atoms with Crippen molar-refractivity contribution in [3.8, 4) is 17.2 Å². The number of aliphatic hydroxyl groups excluding tert-OH is 1. The predicted molar refractivity (Wildman–Crippen MR) is 116 cm³/mol. The lowest BCUT2D eigenvalue weighted by molar-refractivity contribution is -0.130. The predicted octanol–water partition coefficient (Wildman–Crippen LogP) is 4.15. The van der Waals surface area contributed by atoms with Gasteiger partial charge in [0.1, 0.15) is 5.76 Å². The van der Waals surface area contributed by atoms with Crippen molar-refractivity contribution < 1.29 is 33.3 Å². The first-order chi connectivity index (χ1) is 15.5. The van der Waals surface area contributed by atoms with Gasteiger partial charge in [-0.05, 0) is 41.3 Å². The van der Waals surface area contributed by atoms with Gasteiger partial charge in [0.15, 0.2) is 17.3 Å². The largest absolute Gasteiger partial charge is 0.503 e. The van der Waals surface area contributed by atoms with Gasteiger partial charge >= 0.3 is 0 Å². The number of amides is 1. The Bertz CT molecular complexity index is 1140. The Kier molecular flexibility index (Phi) is 5.91. The van der Waals surface area contributed by atoms with Crippen LogP contribution in [-0.2, 0) is 11.3 Å². The molecule has 3 heterocycles. The third-order valence-corrected chi connectivity index (χ3v) is 6.07. The van der Waals surface area contributed by atoms with E-state index in [-0.39, 0.29) is 12.1 Å². The summed E-state index contributed by atoms with van der Waals surface area (Å²) < 4.78 is 21.7. The Labute approximate surface area is 188 Å². The standard InChI is InChI=1S/C23H21NO7S/c1-28-15-10-13(11-16(29-2)22(15)30-3)19-18(20(25)17-7-5-9-32-17)21(26)23(27)24(19)12-14-6-4-8-31-14/h4-11,19,26H,12H2,1-3H3/t19-/m1/s1. The number of nitrogens with zero attached hydrogens (tertiary/aromatic N) is 1. The highest BCUT2D eigenvalue weighted by Crippen LogP contribution is 2.46. The molecule has 1 amide bonds. The maximum atomic E-state index is 13.3. The third kappa shape index (κ3) is 3.60. The van der Waals surface area contributed by atoms with E-state index < -0.39 is 23.5 Å². The van der Waals surface area contributed by atoms with E-state index in [1.165, 1.54) is 43.8 Å². The lowest BCUT2D eigenvalue weighted by Crippen LogP contribution is -2.30. The molecule has 0 saturated heterocycles. The maximum absolute atomic E-state index is 13.3. The van der Waals surface area contributed by atoms with E-state index in [0.717, 1.165) is 0 Å². The number of methoxy groups -OCH3 is 3. The van der Waals surface area contributed by atoms with Crippen LogP contribution < -0.4 is 14.2 Å². The lowest BCUT2D eigenvalue weighted by Gasteiger charge is -2.27. The van der Waals surface area contributed by atoms with Gasteiger partial charge in [-0.1, -0.05) is 6.07 Å². The molecule has 0 unspecified atom stereocenters. The minimum absolute atomic E-state index is 0.0155. The molecule has 1 aliphatic heterocycles. The van der Waals surface area contributed by atoms with Crippen molar-refractivity contribution in [1.29, 1.82) is 0 Å². The summed E-state index contributed by atoms with van der Waals surface area (Å²) in [5, 5.41) is 12.5. The Morgan fingerprint density at radius 2 is 1.84 bits per heavy atom. The summed E-state index contributed by atoms with van der Waals surface area (Å²) in [7, 11) is 4.44. The van der Waals surface area contributed by atoms with Gasteiger partial charge in [0.05, 0.1) is 50.6 Å². The highest BCUT2D eigenvalue weighted by atomic mass is 32.1. The molecular formula is C23H21NO7S. The van der Waals surface area contributed by atoms with E-state index in [9.17, 15) is 14.7 Å². The second-order valence-electron chi connectivity index (χ2n) is 6.94. The van der Waals surface area contributed by atoms with E-state index in [1.54, 1.807) is 41.8 Å². The van der Waals surface area contributed by atoms with E-state index in [1.807, 2.05) is 0 Å². The molecule has 3 aromatic rings. The van der Waals surface area contributed by atoms with Gasteiger partial charge < -0.3 is 28.6 Å². The van der Waals surface area contributed by atoms with Crippen LogP contribution in [-0.4, -0.2) is 43.0 Å². The van der Waals surface area contributed by atoms with Crippen LogP contribution in [0, 0.1) is 0 Å². The third-order valence-electron chi connectivity index (χ3n) is 5.20. The fourth-order valence-corrected chi connectivity index (χ4v) is 4.44. The van der Waals surface area contributed by atoms with Crippen molar-refractivity contribution in [2.24, 2.45) is 0 Å². The van der Waals surface area contributed by atoms with E-state index in [4.69, 9.17) is 18.6 Å². The van der Waals surface area contributed by atoms with Crippen molar-refractivity contribution >= 4 is 23.0 Å². The SMILES string of the molecule is COc1cc([C@@H]2C(C(=O)c3cccs3)=C(O)C(=O)N2Cc2ccco2)cc(OC)c1OC. The Morgan fingerprint density at radius 1 is 1.12 bits per heavy atom. The molecule has 1 aliphatic rings. The number of carbonyl (C=O) groups excluding carboxylic acids is 2. The number of benzene rings is 1. The first kappa shape index (κ1) is 21.5. The van der Waals surface area contributed by atoms with Crippen LogP contribution in [0.15, 0.2) is 63.8 Å². The summed E-state index contributed by atoms with van der Waals surface area (Å²) in [5.74, 6) is -0.0724. The fraction of sp³-hybridized carbons (Fsp3) is 0.217. The van der Waals surface area contributed by atoms with Crippen LogP contribution in [0.5, 0.6) is 17.2 Å². The van der Waals surface area contributed by atoms with Crippen molar-refractivity contribution in [3.63, 3.8) is 0 Å². The molecule has 0 radical (unpaired) electrons. The normalized spacial score (nSPS) is 15.9. The topological polar surface area (TPSA) is 98.4 Å². The molecule has 166 valence electrons. The second-order valence-corrected chi connectivity index (χ2v) is 7.89. The minimum atomic E-state index is -0.893. The Hall–Kier alpha value is -3.72. The molecule has 0 fully saturated rings. The lowest BCUT2D eigenvalue weighted by atomic mass is 9.94. The average molecular weight is 455 g/mol. The highest BCUT2D eigenvalue weighted by Gasteiger charge is 2.45. The number of ketones is 1. The summed E-state index contributed by atoms with van der Waals surface area (Å²) >= 11 is 1.23. The molecule has 0 aliphatic carbocycles.